The predicted octanol–water partition coefficient (Wildman–Crippen LogP) is 3.63. The van der Waals surface area contributed by atoms with E-state index in [1.165, 1.54) is 0 Å². The molecule has 0 aliphatic heterocycles. The van der Waals surface area contributed by atoms with Gasteiger partial charge in [-0.25, -0.2) is 0 Å². The van der Waals surface area contributed by atoms with Crippen molar-refractivity contribution in [1.29, 1.82) is 10.8 Å². The summed E-state index contributed by atoms with van der Waals surface area (Å²) < 4.78 is 0. The molecule has 2 N–H and O–H groups in total. The van der Waals surface area contributed by atoms with Crippen molar-refractivity contribution >= 4 is 22.2 Å². The third kappa shape index (κ3) is 2.62. The molecular formula is C14H14N2Ni. The minimum atomic E-state index is 0. The molecule has 2 rings (SSSR count). The summed E-state index contributed by atoms with van der Waals surface area (Å²) in [5.74, 6) is 0. The van der Waals surface area contributed by atoms with Crippen LogP contribution in [0.2, 0.25) is 0 Å². The van der Waals surface area contributed by atoms with Crippen molar-refractivity contribution in [1.82, 2.24) is 0 Å². The van der Waals surface area contributed by atoms with Crippen molar-refractivity contribution in [3.8, 4) is 0 Å². The van der Waals surface area contributed by atoms with Crippen LogP contribution in [0.25, 0.3) is 10.8 Å². The first-order valence-electron chi connectivity index (χ1n) is 5.38. The molecule has 3 heteroatoms. The molecule has 0 aromatic heterocycles. The van der Waals surface area contributed by atoms with Crippen LogP contribution in [0.15, 0.2) is 42.5 Å². The number of fused-ring (bicyclic) bond motifs is 1. The Hall–Kier alpha value is -1.47. The molecule has 0 fully saturated rings. The monoisotopic (exact) mass is 268 g/mol. The summed E-state index contributed by atoms with van der Waals surface area (Å²) in [6, 6.07) is 13.9. The molecule has 0 saturated heterocycles. The Bertz CT molecular complexity index is 556. The molecule has 0 heterocycles. The summed E-state index contributed by atoms with van der Waals surface area (Å²) in [5.41, 5.74) is 1.57. The van der Waals surface area contributed by atoms with Crippen molar-refractivity contribution in [3.05, 3.63) is 48.0 Å². The molecule has 17 heavy (non-hydrogen) atoms. The molecule has 2 aromatic rings. The van der Waals surface area contributed by atoms with Crippen LogP contribution in [0.5, 0.6) is 0 Å². The molecule has 0 spiro atoms. The molecular weight excluding hydrogens is 255 g/mol. The van der Waals surface area contributed by atoms with Crippen LogP contribution in [0.3, 0.4) is 0 Å². The van der Waals surface area contributed by atoms with Crippen molar-refractivity contribution in [3.63, 3.8) is 0 Å². The van der Waals surface area contributed by atoms with Gasteiger partial charge in [0.05, 0.1) is 11.4 Å². The van der Waals surface area contributed by atoms with Crippen LogP contribution in [-0.4, -0.2) is 11.4 Å². The number of rotatable bonds is 3. The van der Waals surface area contributed by atoms with Gasteiger partial charge < -0.3 is 5.41 Å². The molecule has 90 valence electrons. The minimum Gasteiger partial charge on any atom is -0.303 e. The van der Waals surface area contributed by atoms with Crippen LogP contribution in [0.4, 0.5) is 0 Å². The Morgan fingerprint density at radius 2 is 1.65 bits per heavy atom. The maximum absolute atomic E-state index is 7.99. The van der Waals surface area contributed by atoms with E-state index in [4.69, 9.17) is 10.8 Å². The van der Waals surface area contributed by atoms with Crippen LogP contribution < -0.4 is 0 Å². The van der Waals surface area contributed by atoms with Crippen LogP contribution in [0, 0.1) is 10.8 Å². The largest absolute Gasteiger partial charge is 0.303 e. The van der Waals surface area contributed by atoms with Gasteiger partial charge in [0.25, 0.3) is 0 Å². The summed E-state index contributed by atoms with van der Waals surface area (Å²) in [5, 5.41) is 17.9. The number of nitrogens with one attached hydrogen (secondary N) is 2. The fourth-order valence-corrected chi connectivity index (χ4v) is 1.78. The predicted molar refractivity (Wildman–Crippen MR) is 68.8 cm³/mol. The molecule has 0 atom stereocenters. The molecule has 0 saturated carbocycles. The van der Waals surface area contributed by atoms with E-state index in [1.807, 2.05) is 49.4 Å². The van der Waals surface area contributed by atoms with Crippen LogP contribution >= 0.6 is 0 Å². The number of benzene rings is 2. The normalized spacial score (nSPS) is 9.71. The van der Waals surface area contributed by atoms with E-state index >= 15 is 0 Å². The van der Waals surface area contributed by atoms with Crippen molar-refractivity contribution in [2.75, 3.05) is 0 Å². The van der Waals surface area contributed by atoms with E-state index < -0.39 is 0 Å². The molecule has 0 radical (unpaired) electrons. The van der Waals surface area contributed by atoms with E-state index in [0.717, 1.165) is 16.3 Å². The van der Waals surface area contributed by atoms with E-state index in [2.05, 4.69) is 0 Å². The Morgan fingerprint density at radius 1 is 1.00 bits per heavy atom. The zero-order chi connectivity index (χ0) is 11.5. The Labute approximate surface area is 111 Å². The average Bonchev–Trinajstić information content (AvgIpc) is 2.36. The zero-order valence-electron chi connectivity index (χ0n) is 9.56. The first-order chi connectivity index (χ1) is 7.74. The number of hydrogen-bond acceptors (Lipinski definition) is 2. The Morgan fingerprint density at radius 3 is 2.35 bits per heavy atom. The summed E-state index contributed by atoms with van der Waals surface area (Å²) in [6.07, 6.45) is 0.599. The van der Waals surface area contributed by atoms with Gasteiger partial charge in [-0.15, -0.1) is 0 Å². The van der Waals surface area contributed by atoms with Gasteiger partial charge in [-0.05, 0) is 17.2 Å². The topological polar surface area (TPSA) is 47.7 Å². The summed E-state index contributed by atoms with van der Waals surface area (Å²) in [7, 11) is 0. The SMILES string of the molecule is CCC(=N)C(=N)c1cccc2ccccc12.[Ni]. The van der Waals surface area contributed by atoms with Gasteiger partial charge in [0.2, 0.25) is 0 Å². The van der Waals surface area contributed by atoms with Crippen LogP contribution in [-0.2, 0) is 16.5 Å². The smallest absolute Gasteiger partial charge is 0.0825 e. The Kier molecular flexibility index (Phi) is 4.59. The second kappa shape index (κ2) is 5.74. The fourth-order valence-electron chi connectivity index (χ4n) is 1.78. The zero-order valence-corrected chi connectivity index (χ0v) is 10.6. The minimum absolute atomic E-state index is 0. The molecule has 2 nitrogen and oxygen atoms in total. The Balaban J connectivity index is 0.00000144. The maximum atomic E-state index is 7.99. The van der Waals surface area contributed by atoms with Gasteiger partial charge in [-0.1, -0.05) is 49.4 Å². The van der Waals surface area contributed by atoms with Gasteiger partial charge in [0.15, 0.2) is 0 Å². The maximum Gasteiger partial charge on any atom is 0.0825 e. The van der Waals surface area contributed by atoms with Crippen molar-refractivity contribution in [2.45, 2.75) is 13.3 Å². The van der Waals surface area contributed by atoms with E-state index in [-0.39, 0.29) is 16.5 Å². The van der Waals surface area contributed by atoms with Gasteiger partial charge in [-0.3, -0.25) is 5.41 Å². The summed E-state index contributed by atoms with van der Waals surface area (Å²) in [6.45, 7) is 1.90. The third-order valence-corrected chi connectivity index (χ3v) is 2.71. The molecule has 0 aliphatic rings. The second-order valence-electron chi connectivity index (χ2n) is 3.73. The fraction of sp³-hybridized carbons (Fsp3) is 0.143. The summed E-state index contributed by atoms with van der Waals surface area (Å²) >= 11 is 0. The van der Waals surface area contributed by atoms with Crippen molar-refractivity contribution < 1.29 is 16.5 Å². The van der Waals surface area contributed by atoms with E-state index in [1.54, 1.807) is 0 Å². The molecule has 2 aromatic carbocycles. The summed E-state index contributed by atoms with van der Waals surface area (Å²) in [4.78, 5) is 0. The first-order valence-corrected chi connectivity index (χ1v) is 5.38. The molecule has 0 aliphatic carbocycles. The first kappa shape index (κ1) is 13.6. The van der Waals surface area contributed by atoms with E-state index in [0.29, 0.717) is 17.8 Å². The van der Waals surface area contributed by atoms with Gasteiger partial charge in [-0.2, -0.15) is 0 Å². The standard InChI is InChI=1S/C14H14N2.Ni/c1-2-13(15)14(16)12-9-5-7-10-6-3-4-8-11(10)12;/h3-9,15-16H,2H2,1H3;. The van der Waals surface area contributed by atoms with E-state index in [9.17, 15) is 0 Å². The van der Waals surface area contributed by atoms with Gasteiger partial charge in [0.1, 0.15) is 0 Å². The van der Waals surface area contributed by atoms with Gasteiger partial charge >= 0.3 is 0 Å². The average molecular weight is 269 g/mol. The third-order valence-electron chi connectivity index (χ3n) is 2.71. The van der Waals surface area contributed by atoms with Crippen molar-refractivity contribution in [2.24, 2.45) is 0 Å². The quantitative estimate of drug-likeness (QED) is 0.631. The molecule has 0 unspecified atom stereocenters. The molecule has 0 amide bonds. The number of hydrogen-bond donors (Lipinski definition) is 2. The second-order valence-corrected chi connectivity index (χ2v) is 3.73. The van der Waals surface area contributed by atoms with Crippen LogP contribution in [0.1, 0.15) is 18.9 Å². The molecule has 0 bridgehead atoms. The van der Waals surface area contributed by atoms with Gasteiger partial charge in [0, 0.05) is 22.1 Å².